The van der Waals surface area contributed by atoms with Crippen molar-refractivity contribution in [1.29, 1.82) is 0 Å². The molecule has 268 valence electrons. The smallest absolute Gasteiger partial charge is 0.312 e. The molecule has 12 heteroatoms. The first-order valence-corrected chi connectivity index (χ1v) is 16.7. The molecule has 50 heavy (non-hydrogen) atoms. The van der Waals surface area contributed by atoms with E-state index >= 15 is 0 Å². The van der Waals surface area contributed by atoms with Gasteiger partial charge in [-0.3, -0.25) is 24.0 Å². The van der Waals surface area contributed by atoms with E-state index in [1.54, 1.807) is 39.8 Å². The number of nitrogens with one attached hydrogen (secondary N) is 1. The van der Waals surface area contributed by atoms with Crippen LogP contribution >= 0.6 is 0 Å². The van der Waals surface area contributed by atoms with Gasteiger partial charge in [-0.25, -0.2) is 0 Å². The first-order valence-electron chi connectivity index (χ1n) is 16.7. The number of rotatable bonds is 1. The molecule has 1 aromatic rings. The number of phenolic OH excluding ortho intramolecular Hbond substituents is 1. The van der Waals surface area contributed by atoms with Gasteiger partial charge in [-0.2, -0.15) is 0 Å². The number of ketones is 4. The molecular formula is C38H45NO11. The number of allylic oxidation sites excluding steroid dienone is 4. The van der Waals surface area contributed by atoms with E-state index in [4.69, 9.17) is 23.7 Å². The van der Waals surface area contributed by atoms with Gasteiger partial charge in [0, 0.05) is 54.9 Å². The highest BCUT2D eigenvalue weighted by Crippen LogP contribution is 2.48. The van der Waals surface area contributed by atoms with Gasteiger partial charge in [-0.1, -0.05) is 45.9 Å². The Hall–Kier alpha value is -4.39. The summed E-state index contributed by atoms with van der Waals surface area (Å²) >= 11 is 0. The summed E-state index contributed by atoms with van der Waals surface area (Å²) < 4.78 is 30.1. The standard InChI is InChI=1S/C38H45NO11/c1-17-12-11-13-18(2)36(45)39-23-16-24(40)26-27(31(23)43)30(42)21(5)34-28(26)35(44)38(9,50-34)47-15-14-25(46-10)19(3)29(41)20(4)33-22(6)32(17)48-37(7,8)49-33/h11-17,19-20,22,25,32-33,42H,1-10H3,(H,39,45). The third kappa shape index (κ3) is 6.36. The molecule has 0 saturated carbocycles. The summed E-state index contributed by atoms with van der Waals surface area (Å²) in [5.74, 6) is -8.36. The molecule has 5 aliphatic rings. The molecule has 4 heterocycles. The molecule has 8 unspecified atom stereocenters. The monoisotopic (exact) mass is 691 g/mol. The average molecular weight is 692 g/mol. The molecule has 1 amide bonds. The van der Waals surface area contributed by atoms with Crippen LogP contribution in [0.4, 0.5) is 0 Å². The maximum atomic E-state index is 13.9. The third-order valence-electron chi connectivity index (χ3n) is 10.1. The molecule has 6 rings (SSSR count). The van der Waals surface area contributed by atoms with Gasteiger partial charge in [-0.15, -0.1) is 0 Å². The Balaban J connectivity index is 1.59. The maximum absolute atomic E-state index is 13.9. The Labute approximate surface area is 291 Å². The van der Waals surface area contributed by atoms with Crippen LogP contribution in [0.15, 0.2) is 47.9 Å². The number of carbonyl (C=O) groups excluding carboxylic acids is 5. The number of aromatic hydroxyl groups is 1. The van der Waals surface area contributed by atoms with Crippen molar-refractivity contribution in [3.63, 3.8) is 0 Å². The molecule has 0 spiro atoms. The zero-order valence-electron chi connectivity index (χ0n) is 30.0. The van der Waals surface area contributed by atoms with Crippen LogP contribution < -0.4 is 10.1 Å². The predicted octanol–water partition coefficient (Wildman–Crippen LogP) is 5.07. The number of carbonyl (C=O) groups is 5. The molecule has 1 fully saturated rings. The predicted molar refractivity (Wildman–Crippen MR) is 181 cm³/mol. The van der Waals surface area contributed by atoms with E-state index in [1.807, 2.05) is 26.8 Å². The van der Waals surface area contributed by atoms with Crippen LogP contribution in [0, 0.1) is 30.6 Å². The fourth-order valence-corrected chi connectivity index (χ4v) is 7.14. The molecule has 1 aliphatic carbocycles. The Kier molecular flexibility index (Phi) is 9.87. The van der Waals surface area contributed by atoms with Crippen LogP contribution in [0.2, 0.25) is 0 Å². The number of methoxy groups -OCH3 is 1. The van der Waals surface area contributed by atoms with Gasteiger partial charge in [0.1, 0.15) is 17.3 Å². The molecule has 8 atom stereocenters. The Morgan fingerprint density at radius 2 is 1.54 bits per heavy atom. The minimum Gasteiger partial charge on any atom is -0.507 e. The zero-order valence-corrected chi connectivity index (χ0v) is 30.0. The van der Waals surface area contributed by atoms with Crippen LogP contribution in [0.25, 0.3) is 0 Å². The lowest BCUT2D eigenvalue weighted by molar-refractivity contribution is -0.330. The van der Waals surface area contributed by atoms with Crippen LogP contribution in [-0.2, 0) is 28.5 Å². The highest BCUT2D eigenvalue weighted by Gasteiger charge is 2.52. The van der Waals surface area contributed by atoms with Crippen LogP contribution in [0.5, 0.6) is 11.5 Å². The van der Waals surface area contributed by atoms with E-state index in [9.17, 15) is 29.1 Å². The van der Waals surface area contributed by atoms with E-state index in [0.717, 1.165) is 6.08 Å². The molecule has 1 aromatic carbocycles. The van der Waals surface area contributed by atoms with Gasteiger partial charge in [0.15, 0.2) is 11.6 Å². The van der Waals surface area contributed by atoms with Gasteiger partial charge >= 0.3 is 5.79 Å². The van der Waals surface area contributed by atoms with Gasteiger partial charge in [0.05, 0.1) is 47.0 Å². The fourth-order valence-electron chi connectivity index (χ4n) is 7.14. The van der Waals surface area contributed by atoms with E-state index in [1.165, 1.54) is 33.3 Å². The lowest BCUT2D eigenvalue weighted by Gasteiger charge is -2.48. The van der Waals surface area contributed by atoms with Gasteiger partial charge in [0.2, 0.25) is 5.78 Å². The molecule has 12 nitrogen and oxygen atoms in total. The first kappa shape index (κ1) is 36.9. The molecule has 1 saturated heterocycles. The van der Waals surface area contributed by atoms with Crippen molar-refractivity contribution in [2.75, 3.05) is 7.11 Å². The SMILES string of the molecule is COC1C=COC2(C)Oc3c(C)c(O)c4c(c3C2=O)C(=O)C=C(NC(=O)C(C)=CC=CC(C)C2OC(C)(C)OC(C(C)C(=O)C1C)C2C)C4=O. The van der Waals surface area contributed by atoms with Crippen molar-refractivity contribution in [3.8, 4) is 11.5 Å². The number of ether oxygens (including phenoxy) is 5. The Morgan fingerprint density at radius 1 is 0.880 bits per heavy atom. The van der Waals surface area contributed by atoms with Gasteiger partial charge < -0.3 is 34.1 Å². The van der Waals surface area contributed by atoms with Crippen LogP contribution in [0.3, 0.4) is 0 Å². The minimum absolute atomic E-state index is 0.0368. The van der Waals surface area contributed by atoms with Crippen molar-refractivity contribution in [2.45, 2.75) is 92.2 Å². The quantitative estimate of drug-likeness (QED) is 0.404. The number of benzene rings is 1. The second-order valence-electron chi connectivity index (χ2n) is 14.2. The number of fused-ring (bicyclic) bond motifs is 10. The zero-order chi connectivity index (χ0) is 37.0. The maximum Gasteiger partial charge on any atom is 0.312 e. The number of amides is 1. The topological polar surface area (TPSA) is 164 Å². The largest absolute Gasteiger partial charge is 0.507 e. The Bertz CT molecular complexity index is 1780. The van der Waals surface area contributed by atoms with E-state index in [2.05, 4.69) is 5.32 Å². The summed E-state index contributed by atoms with van der Waals surface area (Å²) in [4.78, 5) is 68.1. The third-order valence-corrected chi connectivity index (χ3v) is 10.1. The van der Waals surface area contributed by atoms with Gasteiger partial charge in [-0.05, 0) is 33.8 Å². The normalized spacial score (nSPS) is 33.0. The van der Waals surface area contributed by atoms with E-state index < -0.39 is 70.2 Å². The van der Waals surface area contributed by atoms with E-state index in [-0.39, 0.29) is 57.4 Å². The van der Waals surface area contributed by atoms with E-state index in [0.29, 0.717) is 0 Å². The summed E-state index contributed by atoms with van der Waals surface area (Å²) in [6.45, 7) is 15.4. The fraction of sp³-hybridized carbons (Fsp3) is 0.500. The lowest BCUT2D eigenvalue weighted by atomic mass is 9.78. The molecule has 4 aliphatic heterocycles. The highest BCUT2D eigenvalue weighted by atomic mass is 16.7. The summed E-state index contributed by atoms with van der Waals surface area (Å²) in [7, 11) is 1.45. The van der Waals surface area contributed by atoms with Crippen LogP contribution in [0.1, 0.15) is 92.0 Å². The molecule has 7 bridgehead atoms. The second kappa shape index (κ2) is 13.4. The molecule has 2 N–H and O–H groups in total. The minimum atomic E-state index is -1.99. The number of hydrogen-bond donors (Lipinski definition) is 2. The highest BCUT2D eigenvalue weighted by molar-refractivity contribution is 6.30. The lowest BCUT2D eigenvalue weighted by Crippen LogP contribution is -2.55. The summed E-state index contributed by atoms with van der Waals surface area (Å²) in [6.07, 6.45) is 7.19. The van der Waals surface area contributed by atoms with Crippen LogP contribution in [-0.4, -0.2) is 71.1 Å². The molecule has 0 radical (unpaired) electrons. The average Bonchev–Trinajstić information content (AvgIpc) is 3.32. The summed E-state index contributed by atoms with van der Waals surface area (Å²) in [5, 5.41) is 13.6. The van der Waals surface area contributed by atoms with Crippen molar-refractivity contribution in [3.05, 3.63) is 70.2 Å². The number of Topliss-reactive ketones (excluding diaryl/α,β-unsaturated/α-hetero) is 3. The van der Waals surface area contributed by atoms with Crippen molar-refractivity contribution >= 4 is 29.0 Å². The second-order valence-corrected chi connectivity index (χ2v) is 14.2. The summed E-state index contributed by atoms with van der Waals surface area (Å²) in [6, 6.07) is 0. The molecule has 0 aromatic heterocycles. The number of phenols is 1. The number of hydrogen-bond acceptors (Lipinski definition) is 11. The van der Waals surface area contributed by atoms with Crippen molar-refractivity contribution in [2.24, 2.45) is 23.7 Å². The van der Waals surface area contributed by atoms with Crippen molar-refractivity contribution < 1.29 is 52.8 Å². The Morgan fingerprint density at radius 3 is 2.20 bits per heavy atom. The van der Waals surface area contributed by atoms with Gasteiger partial charge in [0.25, 0.3) is 11.7 Å². The van der Waals surface area contributed by atoms with Crippen molar-refractivity contribution in [1.82, 2.24) is 5.32 Å². The molecular weight excluding hydrogens is 646 g/mol. The summed E-state index contributed by atoms with van der Waals surface area (Å²) in [5.41, 5.74) is -1.07. The first-order chi connectivity index (χ1) is 23.3.